The molecule has 1 aromatic heterocycles. The van der Waals surface area contributed by atoms with Gasteiger partial charge in [-0.3, -0.25) is 10.00 Å². The summed E-state index contributed by atoms with van der Waals surface area (Å²) in [5, 5.41) is 17.6. The van der Waals surface area contributed by atoms with E-state index in [9.17, 15) is 9.59 Å². The number of carbonyl (C=O) groups is 2. The number of carbonyl (C=O) groups excluding carboxylic acids is 1. The standard InChI is InChI=1S/C10H16N4O4/c1-14-5-3-8(13-14)12-10(17)11-7(9(15)16)4-6-18-2/h3,5,7H,4,6H2,1-2H3,(H,15,16)(H2,11,12,13,17). The van der Waals surface area contributed by atoms with Crippen molar-refractivity contribution in [3.8, 4) is 0 Å². The van der Waals surface area contributed by atoms with Crippen molar-refractivity contribution in [3.05, 3.63) is 12.3 Å². The Labute approximate surface area is 104 Å². The molecule has 8 heteroatoms. The second-order valence-corrected chi connectivity index (χ2v) is 3.65. The van der Waals surface area contributed by atoms with E-state index in [1.165, 1.54) is 11.8 Å². The number of nitrogens with zero attached hydrogens (tertiary/aromatic N) is 2. The molecule has 1 rings (SSSR count). The minimum Gasteiger partial charge on any atom is -0.480 e. The van der Waals surface area contributed by atoms with Gasteiger partial charge in [0, 0.05) is 39.4 Å². The maximum Gasteiger partial charge on any atom is 0.326 e. The zero-order valence-electron chi connectivity index (χ0n) is 10.2. The zero-order chi connectivity index (χ0) is 13.5. The van der Waals surface area contributed by atoms with E-state index in [1.54, 1.807) is 19.3 Å². The number of anilines is 1. The van der Waals surface area contributed by atoms with E-state index in [1.807, 2.05) is 0 Å². The topological polar surface area (TPSA) is 105 Å². The molecule has 0 radical (unpaired) electrons. The highest BCUT2D eigenvalue weighted by Gasteiger charge is 2.19. The Balaban J connectivity index is 2.48. The smallest absolute Gasteiger partial charge is 0.326 e. The van der Waals surface area contributed by atoms with Crippen molar-refractivity contribution in [1.82, 2.24) is 15.1 Å². The fourth-order valence-electron chi connectivity index (χ4n) is 1.29. The van der Waals surface area contributed by atoms with Crippen LogP contribution < -0.4 is 10.6 Å². The number of hydrogen-bond donors (Lipinski definition) is 3. The van der Waals surface area contributed by atoms with Gasteiger partial charge < -0.3 is 15.2 Å². The summed E-state index contributed by atoms with van der Waals surface area (Å²) in [6.45, 7) is 0.251. The van der Waals surface area contributed by atoms with Gasteiger partial charge >= 0.3 is 12.0 Å². The number of aromatic nitrogens is 2. The summed E-state index contributed by atoms with van der Waals surface area (Å²) in [4.78, 5) is 22.4. The molecule has 0 aliphatic heterocycles. The number of aliphatic carboxylic acids is 1. The molecule has 0 aliphatic carbocycles. The SMILES string of the molecule is COCCC(NC(=O)Nc1ccn(C)n1)C(=O)O. The Morgan fingerprint density at radius 2 is 2.33 bits per heavy atom. The van der Waals surface area contributed by atoms with Crippen molar-refractivity contribution in [3.63, 3.8) is 0 Å². The average molecular weight is 256 g/mol. The molecule has 8 nitrogen and oxygen atoms in total. The molecular formula is C10H16N4O4. The first-order valence-electron chi connectivity index (χ1n) is 5.32. The van der Waals surface area contributed by atoms with Crippen LogP contribution in [0.3, 0.4) is 0 Å². The lowest BCUT2D eigenvalue weighted by atomic mass is 10.2. The second-order valence-electron chi connectivity index (χ2n) is 3.65. The van der Waals surface area contributed by atoms with Crippen molar-refractivity contribution in [2.45, 2.75) is 12.5 Å². The van der Waals surface area contributed by atoms with E-state index in [2.05, 4.69) is 15.7 Å². The van der Waals surface area contributed by atoms with Gasteiger partial charge in [0.2, 0.25) is 0 Å². The van der Waals surface area contributed by atoms with Gasteiger partial charge in [0.15, 0.2) is 5.82 Å². The van der Waals surface area contributed by atoms with Crippen LogP contribution in [0.25, 0.3) is 0 Å². The van der Waals surface area contributed by atoms with Gasteiger partial charge in [-0.25, -0.2) is 9.59 Å². The third-order valence-electron chi connectivity index (χ3n) is 2.17. The lowest BCUT2D eigenvalue weighted by Gasteiger charge is -2.13. The number of ether oxygens (including phenoxy) is 1. The largest absolute Gasteiger partial charge is 0.480 e. The molecule has 3 N–H and O–H groups in total. The van der Waals surface area contributed by atoms with Crippen LogP contribution in [0.5, 0.6) is 0 Å². The highest BCUT2D eigenvalue weighted by atomic mass is 16.5. The predicted molar refractivity (Wildman–Crippen MR) is 63.3 cm³/mol. The van der Waals surface area contributed by atoms with E-state index in [4.69, 9.17) is 9.84 Å². The summed E-state index contributed by atoms with van der Waals surface area (Å²) in [6.07, 6.45) is 1.86. The minimum absolute atomic E-state index is 0.196. The first kappa shape index (κ1) is 14.0. The second kappa shape index (κ2) is 6.60. The molecule has 1 atom stereocenters. The van der Waals surface area contributed by atoms with Gasteiger partial charge in [-0.15, -0.1) is 0 Å². The number of aryl methyl sites for hydroxylation is 1. The summed E-state index contributed by atoms with van der Waals surface area (Å²) in [5.41, 5.74) is 0. The van der Waals surface area contributed by atoms with Crippen LogP contribution in [0, 0.1) is 0 Å². The molecular weight excluding hydrogens is 240 g/mol. The van der Waals surface area contributed by atoms with Crippen molar-refractivity contribution in [1.29, 1.82) is 0 Å². The van der Waals surface area contributed by atoms with Crippen molar-refractivity contribution >= 4 is 17.8 Å². The van der Waals surface area contributed by atoms with Crippen LogP contribution in [0.2, 0.25) is 0 Å². The Kier molecular flexibility index (Phi) is 5.12. The molecule has 0 bridgehead atoms. The summed E-state index contributed by atoms with van der Waals surface area (Å²) < 4.78 is 6.30. The Morgan fingerprint density at radius 1 is 1.61 bits per heavy atom. The molecule has 0 fully saturated rings. The highest BCUT2D eigenvalue weighted by molar-refractivity contribution is 5.91. The first-order chi connectivity index (χ1) is 8.52. The van der Waals surface area contributed by atoms with E-state index < -0.39 is 18.0 Å². The van der Waals surface area contributed by atoms with E-state index >= 15 is 0 Å². The van der Waals surface area contributed by atoms with Gasteiger partial charge in [-0.05, 0) is 0 Å². The molecule has 0 saturated heterocycles. The number of rotatable bonds is 6. The third kappa shape index (κ3) is 4.42. The van der Waals surface area contributed by atoms with Crippen LogP contribution in [0.15, 0.2) is 12.3 Å². The zero-order valence-corrected chi connectivity index (χ0v) is 10.2. The van der Waals surface area contributed by atoms with Crippen molar-refractivity contribution in [2.75, 3.05) is 19.0 Å². The molecule has 2 amide bonds. The van der Waals surface area contributed by atoms with Gasteiger partial charge in [-0.2, -0.15) is 5.10 Å². The van der Waals surface area contributed by atoms with Crippen LogP contribution in [0.4, 0.5) is 10.6 Å². The van der Waals surface area contributed by atoms with Gasteiger partial charge in [-0.1, -0.05) is 0 Å². The van der Waals surface area contributed by atoms with E-state index in [-0.39, 0.29) is 13.0 Å². The number of urea groups is 1. The fourth-order valence-corrected chi connectivity index (χ4v) is 1.29. The molecule has 0 spiro atoms. The highest BCUT2D eigenvalue weighted by Crippen LogP contribution is 2.01. The molecule has 0 saturated carbocycles. The van der Waals surface area contributed by atoms with Crippen LogP contribution >= 0.6 is 0 Å². The van der Waals surface area contributed by atoms with Gasteiger partial charge in [0.05, 0.1) is 0 Å². The Hall–Kier alpha value is -2.09. The summed E-state index contributed by atoms with van der Waals surface area (Å²) in [5.74, 6) is -0.755. The van der Waals surface area contributed by atoms with Crippen LogP contribution in [-0.4, -0.2) is 46.6 Å². The quantitative estimate of drug-likeness (QED) is 0.666. The van der Waals surface area contributed by atoms with Gasteiger partial charge in [0.25, 0.3) is 0 Å². The lowest BCUT2D eigenvalue weighted by molar-refractivity contribution is -0.139. The van der Waals surface area contributed by atoms with E-state index in [0.717, 1.165) is 0 Å². The van der Waals surface area contributed by atoms with Crippen molar-refractivity contribution < 1.29 is 19.4 Å². The average Bonchev–Trinajstić information content (AvgIpc) is 2.69. The van der Waals surface area contributed by atoms with Crippen LogP contribution in [0.1, 0.15) is 6.42 Å². The number of methoxy groups -OCH3 is 1. The summed E-state index contributed by atoms with van der Waals surface area (Å²) in [6, 6.07) is -0.00399. The normalized spacial score (nSPS) is 11.9. The fraction of sp³-hybridized carbons (Fsp3) is 0.500. The summed E-state index contributed by atoms with van der Waals surface area (Å²) in [7, 11) is 3.18. The third-order valence-corrected chi connectivity index (χ3v) is 2.17. The number of carboxylic acids is 1. The maximum atomic E-state index is 11.5. The molecule has 100 valence electrons. The molecule has 1 aromatic rings. The molecule has 0 aromatic carbocycles. The summed E-state index contributed by atoms with van der Waals surface area (Å²) >= 11 is 0. The molecule has 1 unspecified atom stereocenters. The lowest BCUT2D eigenvalue weighted by Crippen LogP contribution is -2.43. The van der Waals surface area contributed by atoms with Crippen LogP contribution in [-0.2, 0) is 16.6 Å². The van der Waals surface area contributed by atoms with Crippen molar-refractivity contribution in [2.24, 2.45) is 7.05 Å². The predicted octanol–water partition coefficient (Wildman–Crippen LogP) is 0.0313. The monoisotopic (exact) mass is 256 g/mol. The number of amides is 2. The minimum atomic E-state index is -1.11. The molecule has 0 aliphatic rings. The Bertz CT molecular complexity index is 418. The van der Waals surface area contributed by atoms with E-state index in [0.29, 0.717) is 5.82 Å². The molecule has 1 heterocycles. The van der Waals surface area contributed by atoms with Gasteiger partial charge in [0.1, 0.15) is 6.04 Å². The first-order valence-corrected chi connectivity index (χ1v) is 5.32. The Morgan fingerprint density at radius 3 is 2.83 bits per heavy atom. The number of carboxylic acid groups (broad SMARTS) is 1. The maximum absolute atomic E-state index is 11.5. The number of nitrogens with one attached hydrogen (secondary N) is 2. The number of hydrogen-bond acceptors (Lipinski definition) is 4. The molecule has 18 heavy (non-hydrogen) atoms.